The number of benzene rings is 1. The molecular formula is C21H35N3O2. The zero-order chi connectivity index (χ0) is 18.9. The molecule has 0 aromatic heterocycles. The van der Waals surface area contributed by atoms with E-state index >= 15 is 0 Å². The number of nitrogens with one attached hydrogen (secondary N) is 2. The molecule has 2 rings (SSSR count). The first-order valence-corrected chi connectivity index (χ1v) is 9.88. The highest BCUT2D eigenvalue weighted by Crippen LogP contribution is 2.21. The lowest BCUT2D eigenvalue weighted by Crippen LogP contribution is -2.52. The molecule has 5 nitrogen and oxygen atoms in total. The Morgan fingerprint density at radius 3 is 2.35 bits per heavy atom. The van der Waals surface area contributed by atoms with Crippen LogP contribution < -0.4 is 10.6 Å². The number of hydrogen-bond donors (Lipinski definition) is 2. The molecule has 1 fully saturated rings. The van der Waals surface area contributed by atoms with Crippen molar-refractivity contribution >= 4 is 6.03 Å². The van der Waals surface area contributed by atoms with Crippen LogP contribution in [0, 0.1) is 11.8 Å². The van der Waals surface area contributed by atoms with Crippen molar-refractivity contribution in [3.8, 4) is 0 Å². The molecule has 1 saturated heterocycles. The normalized spacial score (nSPS) is 17.9. The third-order valence-electron chi connectivity index (χ3n) is 4.97. The van der Waals surface area contributed by atoms with E-state index in [4.69, 9.17) is 4.74 Å². The van der Waals surface area contributed by atoms with E-state index in [-0.39, 0.29) is 12.1 Å². The second-order valence-electron chi connectivity index (χ2n) is 7.91. The minimum atomic E-state index is -0.0848. The van der Waals surface area contributed by atoms with Crippen LogP contribution in [-0.4, -0.2) is 49.8 Å². The largest absolute Gasteiger partial charge is 0.379 e. The maximum Gasteiger partial charge on any atom is 0.315 e. The van der Waals surface area contributed by atoms with Crippen LogP contribution >= 0.6 is 0 Å². The second kappa shape index (κ2) is 10.5. The molecule has 0 saturated carbocycles. The fourth-order valence-electron chi connectivity index (χ4n) is 3.54. The molecule has 1 aliphatic rings. The molecule has 2 atom stereocenters. The minimum absolute atomic E-state index is 0.0390. The lowest BCUT2D eigenvalue weighted by Gasteiger charge is -2.37. The van der Waals surface area contributed by atoms with Crippen molar-refractivity contribution in [2.24, 2.45) is 11.8 Å². The van der Waals surface area contributed by atoms with Crippen LogP contribution in [0.5, 0.6) is 0 Å². The van der Waals surface area contributed by atoms with Gasteiger partial charge in [0.05, 0.1) is 19.3 Å². The summed E-state index contributed by atoms with van der Waals surface area (Å²) in [4.78, 5) is 15.0. The first kappa shape index (κ1) is 20.7. The van der Waals surface area contributed by atoms with Gasteiger partial charge >= 0.3 is 6.03 Å². The summed E-state index contributed by atoms with van der Waals surface area (Å²) >= 11 is 0. The monoisotopic (exact) mass is 361 g/mol. The summed E-state index contributed by atoms with van der Waals surface area (Å²) in [5, 5.41) is 6.27. The number of urea groups is 1. The van der Waals surface area contributed by atoms with E-state index in [2.05, 4.69) is 55.4 Å². The van der Waals surface area contributed by atoms with Crippen molar-refractivity contribution < 1.29 is 9.53 Å². The Balaban J connectivity index is 1.91. The summed E-state index contributed by atoms with van der Waals surface area (Å²) in [7, 11) is 0. The quantitative estimate of drug-likeness (QED) is 0.746. The van der Waals surface area contributed by atoms with Gasteiger partial charge in [-0.25, -0.2) is 4.79 Å². The number of amides is 2. The van der Waals surface area contributed by atoms with Gasteiger partial charge in [-0.05, 0) is 23.8 Å². The predicted octanol–water partition coefficient (Wildman–Crippen LogP) is 3.43. The summed E-state index contributed by atoms with van der Waals surface area (Å²) in [6.45, 7) is 12.9. The number of hydrogen-bond acceptors (Lipinski definition) is 3. The summed E-state index contributed by atoms with van der Waals surface area (Å²) in [6, 6.07) is 10.5. The lowest BCUT2D eigenvalue weighted by atomic mass is 9.97. The number of carbonyl (C=O) groups is 1. The standard InChI is InChI=1S/C21H35N3O2/c1-16(2)14-19(18-8-6-5-7-9-18)23-21(25)22-15-20(17(3)4)24-10-12-26-13-11-24/h5-9,16-17,19-20H,10-15H2,1-4H3,(H2,22,23,25). The van der Waals surface area contributed by atoms with E-state index in [1.807, 2.05) is 18.2 Å². The number of morpholine rings is 1. The summed E-state index contributed by atoms with van der Waals surface area (Å²) in [6.07, 6.45) is 0.925. The van der Waals surface area contributed by atoms with Gasteiger partial charge in [-0.1, -0.05) is 58.0 Å². The second-order valence-corrected chi connectivity index (χ2v) is 7.91. The number of rotatable bonds is 8. The number of nitrogens with zero attached hydrogens (tertiary/aromatic N) is 1. The topological polar surface area (TPSA) is 53.6 Å². The Morgan fingerprint density at radius 1 is 1.12 bits per heavy atom. The van der Waals surface area contributed by atoms with E-state index < -0.39 is 0 Å². The molecule has 1 aliphatic heterocycles. The van der Waals surface area contributed by atoms with Gasteiger partial charge in [-0.2, -0.15) is 0 Å². The van der Waals surface area contributed by atoms with E-state index in [1.165, 1.54) is 0 Å². The molecule has 2 N–H and O–H groups in total. The zero-order valence-corrected chi connectivity index (χ0v) is 16.7. The van der Waals surface area contributed by atoms with Crippen molar-refractivity contribution in [3.05, 3.63) is 35.9 Å². The molecule has 2 unspecified atom stereocenters. The highest BCUT2D eigenvalue weighted by atomic mass is 16.5. The van der Waals surface area contributed by atoms with Gasteiger partial charge in [0.2, 0.25) is 0 Å². The van der Waals surface area contributed by atoms with Gasteiger partial charge in [0.25, 0.3) is 0 Å². The molecule has 0 spiro atoms. The van der Waals surface area contributed by atoms with Gasteiger partial charge in [-0.3, -0.25) is 4.90 Å². The van der Waals surface area contributed by atoms with Crippen LogP contribution in [0.4, 0.5) is 4.79 Å². The van der Waals surface area contributed by atoms with E-state index in [1.54, 1.807) is 0 Å². The molecule has 26 heavy (non-hydrogen) atoms. The average molecular weight is 362 g/mol. The molecule has 2 amide bonds. The minimum Gasteiger partial charge on any atom is -0.379 e. The average Bonchev–Trinajstić information content (AvgIpc) is 2.62. The Labute approximate surface area is 158 Å². The zero-order valence-electron chi connectivity index (χ0n) is 16.7. The Bertz CT molecular complexity index is 527. The van der Waals surface area contributed by atoms with Crippen molar-refractivity contribution in [2.45, 2.75) is 46.2 Å². The van der Waals surface area contributed by atoms with Gasteiger partial charge in [0.1, 0.15) is 0 Å². The summed E-state index contributed by atoms with van der Waals surface area (Å²) in [5.41, 5.74) is 1.16. The van der Waals surface area contributed by atoms with Crippen molar-refractivity contribution in [1.82, 2.24) is 15.5 Å². The molecule has 0 aliphatic carbocycles. The SMILES string of the molecule is CC(C)CC(NC(=O)NCC(C(C)C)N1CCOCC1)c1ccccc1. The fourth-order valence-corrected chi connectivity index (χ4v) is 3.54. The van der Waals surface area contributed by atoms with Gasteiger partial charge in [0.15, 0.2) is 0 Å². The van der Waals surface area contributed by atoms with Crippen LogP contribution in [0.1, 0.15) is 45.7 Å². The van der Waals surface area contributed by atoms with Crippen molar-refractivity contribution in [3.63, 3.8) is 0 Å². The third-order valence-corrected chi connectivity index (χ3v) is 4.97. The number of carbonyl (C=O) groups excluding carboxylic acids is 1. The molecule has 5 heteroatoms. The predicted molar refractivity (Wildman–Crippen MR) is 106 cm³/mol. The Morgan fingerprint density at radius 2 is 1.77 bits per heavy atom. The highest BCUT2D eigenvalue weighted by Gasteiger charge is 2.24. The van der Waals surface area contributed by atoms with Gasteiger partial charge in [-0.15, -0.1) is 0 Å². The van der Waals surface area contributed by atoms with Crippen molar-refractivity contribution in [1.29, 1.82) is 0 Å². The number of ether oxygens (including phenoxy) is 1. The highest BCUT2D eigenvalue weighted by molar-refractivity contribution is 5.74. The lowest BCUT2D eigenvalue weighted by molar-refractivity contribution is 0.00717. The van der Waals surface area contributed by atoms with Crippen LogP contribution in [0.2, 0.25) is 0 Å². The van der Waals surface area contributed by atoms with Crippen LogP contribution in [0.25, 0.3) is 0 Å². The molecule has 1 aromatic carbocycles. The fraction of sp³-hybridized carbons (Fsp3) is 0.667. The Hall–Kier alpha value is -1.59. The maximum atomic E-state index is 12.6. The Kier molecular flexibility index (Phi) is 8.39. The van der Waals surface area contributed by atoms with Crippen LogP contribution in [0.15, 0.2) is 30.3 Å². The van der Waals surface area contributed by atoms with Crippen LogP contribution in [-0.2, 0) is 4.74 Å². The summed E-state index contributed by atoms with van der Waals surface area (Å²) in [5.74, 6) is 0.992. The molecule has 0 radical (unpaired) electrons. The van der Waals surface area contributed by atoms with Gasteiger partial charge in [0, 0.05) is 25.7 Å². The summed E-state index contributed by atoms with van der Waals surface area (Å²) < 4.78 is 5.45. The van der Waals surface area contributed by atoms with E-state index in [0.717, 1.165) is 38.3 Å². The first-order chi connectivity index (χ1) is 12.5. The molecule has 146 valence electrons. The van der Waals surface area contributed by atoms with Crippen LogP contribution in [0.3, 0.4) is 0 Å². The molecular weight excluding hydrogens is 326 g/mol. The van der Waals surface area contributed by atoms with E-state index in [0.29, 0.717) is 24.4 Å². The smallest absolute Gasteiger partial charge is 0.315 e. The van der Waals surface area contributed by atoms with E-state index in [9.17, 15) is 4.79 Å². The molecule has 0 bridgehead atoms. The van der Waals surface area contributed by atoms with Crippen molar-refractivity contribution in [2.75, 3.05) is 32.8 Å². The first-order valence-electron chi connectivity index (χ1n) is 9.88. The molecule has 1 heterocycles. The molecule has 1 aromatic rings. The third kappa shape index (κ3) is 6.61. The van der Waals surface area contributed by atoms with Gasteiger partial charge < -0.3 is 15.4 Å². The maximum absolute atomic E-state index is 12.6.